The molecule has 1 saturated heterocycles. The molecule has 0 N–H and O–H groups in total. The molecule has 0 aliphatic carbocycles. The van der Waals surface area contributed by atoms with E-state index >= 15 is 0 Å². The number of ketones is 1. The lowest BCUT2D eigenvalue weighted by Crippen LogP contribution is -2.25. The van der Waals surface area contributed by atoms with Gasteiger partial charge < -0.3 is 4.74 Å². The minimum atomic E-state index is -0.00730. The Morgan fingerprint density at radius 1 is 1.21 bits per heavy atom. The van der Waals surface area contributed by atoms with Crippen molar-refractivity contribution < 1.29 is 9.53 Å². The molecule has 1 aliphatic rings. The number of benzene rings is 1. The third-order valence-electron chi connectivity index (χ3n) is 5.18. The second-order valence-electron chi connectivity index (χ2n) is 7.88. The van der Waals surface area contributed by atoms with E-state index in [0.29, 0.717) is 18.2 Å². The van der Waals surface area contributed by atoms with Gasteiger partial charge in [0.2, 0.25) is 0 Å². The second kappa shape index (κ2) is 9.20. The molecule has 28 heavy (non-hydrogen) atoms. The maximum absolute atomic E-state index is 12.6. The Balaban J connectivity index is 1.63. The summed E-state index contributed by atoms with van der Waals surface area (Å²) in [5, 5.41) is 4.30. The van der Waals surface area contributed by atoms with E-state index in [2.05, 4.69) is 23.8 Å². The van der Waals surface area contributed by atoms with E-state index in [1.165, 1.54) is 25.9 Å². The SMILES string of the molecule is Cc1cc(C(=O)C=Cc2cnn(C(C)C)c2)cc(C)c1OCCN1CCCC1. The molecular weight excluding hydrogens is 350 g/mol. The van der Waals surface area contributed by atoms with Crippen molar-refractivity contribution in [1.82, 2.24) is 14.7 Å². The Kier molecular flexibility index (Phi) is 6.68. The molecule has 2 aromatic rings. The first kappa shape index (κ1) is 20.3. The fraction of sp³-hybridized carbons (Fsp3) is 0.478. The van der Waals surface area contributed by atoms with Crippen LogP contribution >= 0.6 is 0 Å². The van der Waals surface area contributed by atoms with Crippen LogP contribution in [0.4, 0.5) is 0 Å². The quantitative estimate of drug-likeness (QED) is 0.501. The van der Waals surface area contributed by atoms with Gasteiger partial charge in [-0.05, 0) is 89.0 Å². The van der Waals surface area contributed by atoms with E-state index in [-0.39, 0.29) is 5.78 Å². The summed E-state index contributed by atoms with van der Waals surface area (Å²) in [4.78, 5) is 15.0. The summed E-state index contributed by atoms with van der Waals surface area (Å²) in [6.07, 6.45) is 9.74. The van der Waals surface area contributed by atoms with Gasteiger partial charge in [0.15, 0.2) is 5.78 Å². The first-order valence-electron chi connectivity index (χ1n) is 10.2. The number of rotatable bonds is 8. The summed E-state index contributed by atoms with van der Waals surface area (Å²) in [5.41, 5.74) is 3.63. The molecule has 0 saturated carbocycles. The fourth-order valence-electron chi connectivity index (χ4n) is 3.59. The van der Waals surface area contributed by atoms with Gasteiger partial charge in [0.1, 0.15) is 12.4 Å². The lowest BCUT2D eigenvalue weighted by Gasteiger charge is -2.17. The number of hydrogen-bond acceptors (Lipinski definition) is 4. The monoisotopic (exact) mass is 381 g/mol. The lowest BCUT2D eigenvalue weighted by molar-refractivity contribution is 0.104. The molecule has 1 aromatic heterocycles. The van der Waals surface area contributed by atoms with Crippen molar-refractivity contribution in [2.75, 3.05) is 26.2 Å². The summed E-state index contributed by atoms with van der Waals surface area (Å²) in [5.74, 6) is 0.894. The highest BCUT2D eigenvalue weighted by Crippen LogP contribution is 2.25. The number of nitrogens with zero attached hydrogens (tertiary/aromatic N) is 3. The van der Waals surface area contributed by atoms with Gasteiger partial charge in [-0.25, -0.2) is 0 Å². The molecule has 5 nitrogen and oxygen atoms in total. The molecule has 5 heteroatoms. The summed E-state index contributed by atoms with van der Waals surface area (Å²) in [6, 6.07) is 4.14. The van der Waals surface area contributed by atoms with Gasteiger partial charge in [-0.3, -0.25) is 14.4 Å². The Morgan fingerprint density at radius 3 is 2.50 bits per heavy atom. The largest absolute Gasteiger partial charge is 0.492 e. The number of carbonyl (C=O) groups is 1. The van der Waals surface area contributed by atoms with Crippen LogP contribution in [0.25, 0.3) is 6.08 Å². The molecule has 3 rings (SSSR count). The van der Waals surface area contributed by atoms with Gasteiger partial charge in [0.05, 0.1) is 6.20 Å². The maximum Gasteiger partial charge on any atom is 0.185 e. The van der Waals surface area contributed by atoms with Crippen LogP contribution in [0.1, 0.15) is 59.8 Å². The molecule has 1 aromatic carbocycles. The highest BCUT2D eigenvalue weighted by molar-refractivity contribution is 6.07. The van der Waals surface area contributed by atoms with Gasteiger partial charge in [0, 0.05) is 29.9 Å². The van der Waals surface area contributed by atoms with Crippen molar-refractivity contribution in [3.8, 4) is 5.75 Å². The molecule has 0 unspecified atom stereocenters. The Hall–Kier alpha value is -2.40. The number of aryl methyl sites for hydroxylation is 2. The first-order valence-corrected chi connectivity index (χ1v) is 10.2. The van der Waals surface area contributed by atoms with Crippen LogP contribution in [0.5, 0.6) is 5.75 Å². The summed E-state index contributed by atoms with van der Waals surface area (Å²) in [7, 11) is 0. The molecule has 150 valence electrons. The van der Waals surface area contributed by atoms with E-state index in [9.17, 15) is 4.79 Å². The van der Waals surface area contributed by atoms with Gasteiger partial charge in [0.25, 0.3) is 0 Å². The number of ether oxygens (including phenoxy) is 1. The lowest BCUT2D eigenvalue weighted by atomic mass is 10.0. The molecular formula is C23H31N3O2. The Morgan fingerprint density at radius 2 is 1.89 bits per heavy atom. The first-order chi connectivity index (χ1) is 13.4. The van der Waals surface area contributed by atoms with E-state index < -0.39 is 0 Å². The zero-order valence-electron chi connectivity index (χ0n) is 17.4. The van der Waals surface area contributed by atoms with E-state index in [1.807, 2.05) is 42.9 Å². The Labute approximate surface area is 168 Å². The minimum absolute atomic E-state index is 0.00730. The normalized spacial score (nSPS) is 15.0. The van der Waals surface area contributed by atoms with Crippen molar-refractivity contribution in [3.63, 3.8) is 0 Å². The fourth-order valence-corrected chi connectivity index (χ4v) is 3.59. The van der Waals surface area contributed by atoms with E-state index in [4.69, 9.17) is 4.74 Å². The van der Waals surface area contributed by atoms with Crippen molar-refractivity contribution in [3.05, 3.63) is 52.9 Å². The average Bonchev–Trinajstić information content (AvgIpc) is 3.33. The van der Waals surface area contributed by atoms with Gasteiger partial charge >= 0.3 is 0 Å². The number of hydrogen-bond donors (Lipinski definition) is 0. The van der Waals surface area contributed by atoms with Crippen molar-refractivity contribution >= 4 is 11.9 Å². The number of allylic oxidation sites excluding steroid dienone is 1. The van der Waals surface area contributed by atoms with Crippen molar-refractivity contribution in [1.29, 1.82) is 0 Å². The van der Waals surface area contributed by atoms with Crippen molar-refractivity contribution in [2.24, 2.45) is 0 Å². The van der Waals surface area contributed by atoms with Crippen LogP contribution in [-0.4, -0.2) is 46.7 Å². The molecule has 0 amide bonds. The molecule has 0 radical (unpaired) electrons. The predicted molar refractivity (Wildman–Crippen MR) is 113 cm³/mol. The molecule has 0 spiro atoms. The maximum atomic E-state index is 12.6. The summed E-state index contributed by atoms with van der Waals surface area (Å²) >= 11 is 0. The van der Waals surface area contributed by atoms with Crippen LogP contribution in [0.3, 0.4) is 0 Å². The molecule has 0 atom stereocenters. The summed E-state index contributed by atoms with van der Waals surface area (Å²) in [6.45, 7) is 12.2. The zero-order chi connectivity index (χ0) is 20.1. The van der Waals surface area contributed by atoms with Crippen LogP contribution in [-0.2, 0) is 0 Å². The van der Waals surface area contributed by atoms with E-state index in [1.54, 1.807) is 12.3 Å². The minimum Gasteiger partial charge on any atom is -0.492 e. The molecule has 1 fully saturated rings. The average molecular weight is 382 g/mol. The predicted octanol–water partition coefficient (Wildman–Crippen LogP) is 4.45. The molecule has 1 aliphatic heterocycles. The van der Waals surface area contributed by atoms with Gasteiger partial charge in [-0.2, -0.15) is 5.10 Å². The molecule has 2 heterocycles. The topological polar surface area (TPSA) is 47.4 Å². The van der Waals surface area contributed by atoms with Crippen LogP contribution in [0.2, 0.25) is 0 Å². The smallest absolute Gasteiger partial charge is 0.185 e. The number of aromatic nitrogens is 2. The number of carbonyl (C=O) groups excluding carboxylic acids is 1. The van der Waals surface area contributed by atoms with Gasteiger partial charge in [-0.15, -0.1) is 0 Å². The summed E-state index contributed by atoms with van der Waals surface area (Å²) < 4.78 is 7.92. The number of likely N-dealkylation sites (tertiary alicyclic amines) is 1. The van der Waals surface area contributed by atoms with Crippen LogP contribution in [0, 0.1) is 13.8 Å². The standard InChI is InChI=1S/C23H31N3O2/c1-17(2)26-16-20(15-24-26)7-8-22(27)21-13-18(3)23(19(4)14-21)28-12-11-25-9-5-6-10-25/h7-8,13-17H,5-6,9-12H2,1-4H3. The van der Waals surface area contributed by atoms with Gasteiger partial charge in [-0.1, -0.05) is 0 Å². The molecule has 0 bridgehead atoms. The zero-order valence-corrected chi connectivity index (χ0v) is 17.4. The highest BCUT2D eigenvalue weighted by atomic mass is 16.5. The highest BCUT2D eigenvalue weighted by Gasteiger charge is 2.13. The van der Waals surface area contributed by atoms with E-state index in [0.717, 1.165) is 29.0 Å². The van der Waals surface area contributed by atoms with Crippen molar-refractivity contribution in [2.45, 2.75) is 46.6 Å². The van der Waals surface area contributed by atoms with Crippen LogP contribution in [0.15, 0.2) is 30.6 Å². The third kappa shape index (κ3) is 5.10. The van der Waals surface area contributed by atoms with Crippen LogP contribution < -0.4 is 4.74 Å². The third-order valence-corrected chi connectivity index (χ3v) is 5.18. The Bertz CT molecular complexity index is 822. The second-order valence-corrected chi connectivity index (χ2v) is 7.88.